The third-order valence-corrected chi connectivity index (χ3v) is 5.76. The van der Waals surface area contributed by atoms with Crippen LogP contribution in [0.4, 0.5) is 0 Å². The Balaban J connectivity index is 0.00000363. The highest BCUT2D eigenvalue weighted by molar-refractivity contribution is 14.0. The molecule has 6 nitrogen and oxygen atoms in total. The Bertz CT molecular complexity index is 858. The summed E-state index contributed by atoms with van der Waals surface area (Å²) in [5.74, 6) is 2.73. The van der Waals surface area contributed by atoms with Gasteiger partial charge in [0.25, 0.3) is 0 Å². The second kappa shape index (κ2) is 13.5. The first-order valence-electron chi connectivity index (χ1n) is 11.0. The molecule has 0 aliphatic carbocycles. The number of hydrogen-bond acceptors (Lipinski definition) is 4. The first kappa shape index (κ1) is 26.3. The Morgan fingerprint density at radius 2 is 1.81 bits per heavy atom. The van der Waals surface area contributed by atoms with E-state index < -0.39 is 0 Å². The second-order valence-corrected chi connectivity index (χ2v) is 7.92. The van der Waals surface area contributed by atoms with Crippen LogP contribution in [0.2, 0.25) is 0 Å². The van der Waals surface area contributed by atoms with Gasteiger partial charge in [-0.3, -0.25) is 4.99 Å². The molecule has 1 saturated heterocycles. The van der Waals surface area contributed by atoms with Crippen molar-refractivity contribution in [1.82, 2.24) is 10.6 Å². The van der Waals surface area contributed by atoms with Gasteiger partial charge in [0.1, 0.15) is 0 Å². The molecule has 2 atom stereocenters. The van der Waals surface area contributed by atoms with Crippen molar-refractivity contribution in [2.45, 2.75) is 32.3 Å². The number of aryl methyl sites for hydroxylation is 1. The maximum Gasteiger partial charge on any atom is 0.190 e. The highest BCUT2D eigenvalue weighted by atomic mass is 127. The zero-order chi connectivity index (χ0) is 22.1. The lowest BCUT2D eigenvalue weighted by molar-refractivity contribution is -0.0265. The van der Waals surface area contributed by atoms with Gasteiger partial charge >= 0.3 is 0 Å². The van der Waals surface area contributed by atoms with Crippen LogP contribution in [0, 0.1) is 12.8 Å². The van der Waals surface area contributed by atoms with Crippen molar-refractivity contribution in [3.8, 4) is 11.5 Å². The zero-order valence-electron chi connectivity index (χ0n) is 19.5. The van der Waals surface area contributed by atoms with Crippen molar-refractivity contribution in [3.05, 3.63) is 59.2 Å². The van der Waals surface area contributed by atoms with Gasteiger partial charge in [-0.05, 0) is 49.4 Å². The molecule has 2 aromatic rings. The Labute approximate surface area is 209 Å². The molecule has 1 fully saturated rings. The summed E-state index contributed by atoms with van der Waals surface area (Å²) >= 11 is 0. The Morgan fingerprint density at radius 3 is 2.50 bits per heavy atom. The van der Waals surface area contributed by atoms with E-state index in [1.54, 1.807) is 21.3 Å². The van der Waals surface area contributed by atoms with Crippen molar-refractivity contribution in [2.24, 2.45) is 10.9 Å². The van der Waals surface area contributed by atoms with Crippen LogP contribution < -0.4 is 20.1 Å². The van der Waals surface area contributed by atoms with Gasteiger partial charge in [0.2, 0.25) is 0 Å². The quantitative estimate of drug-likeness (QED) is 0.286. The van der Waals surface area contributed by atoms with E-state index >= 15 is 0 Å². The summed E-state index contributed by atoms with van der Waals surface area (Å²) in [5, 5.41) is 6.90. The smallest absolute Gasteiger partial charge is 0.190 e. The van der Waals surface area contributed by atoms with Crippen molar-refractivity contribution in [2.75, 3.05) is 41.0 Å². The average molecular weight is 553 g/mol. The first-order valence-corrected chi connectivity index (χ1v) is 11.0. The third kappa shape index (κ3) is 7.27. The van der Waals surface area contributed by atoms with Gasteiger partial charge in [0, 0.05) is 32.7 Å². The second-order valence-electron chi connectivity index (χ2n) is 7.92. The van der Waals surface area contributed by atoms with E-state index in [9.17, 15) is 0 Å². The molecular weight excluding hydrogens is 517 g/mol. The van der Waals surface area contributed by atoms with Crippen LogP contribution in [0.25, 0.3) is 0 Å². The van der Waals surface area contributed by atoms with Gasteiger partial charge < -0.3 is 24.8 Å². The van der Waals surface area contributed by atoms with E-state index in [4.69, 9.17) is 14.2 Å². The SMILES string of the molecule is CN=C(NCCc1ccc(OC)c(OC)c1)NCC1CCCOC1c1ccc(C)cc1.I. The number of benzene rings is 2. The molecule has 1 heterocycles. The molecule has 2 N–H and O–H groups in total. The van der Waals surface area contributed by atoms with Crippen LogP contribution in [-0.4, -0.2) is 46.9 Å². The number of hydrogen-bond donors (Lipinski definition) is 2. The highest BCUT2D eigenvalue weighted by Crippen LogP contribution is 2.33. The summed E-state index contributed by atoms with van der Waals surface area (Å²) in [6.45, 7) is 4.54. The molecule has 1 aliphatic heterocycles. The number of methoxy groups -OCH3 is 2. The van der Waals surface area contributed by atoms with Gasteiger partial charge in [-0.2, -0.15) is 0 Å². The number of halogens is 1. The molecule has 0 saturated carbocycles. The monoisotopic (exact) mass is 553 g/mol. The predicted octanol–water partition coefficient (Wildman–Crippen LogP) is 4.51. The summed E-state index contributed by atoms with van der Waals surface area (Å²) in [6, 6.07) is 14.7. The number of rotatable bonds is 8. The minimum Gasteiger partial charge on any atom is -0.493 e. The zero-order valence-corrected chi connectivity index (χ0v) is 21.8. The molecule has 3 rings (SSSR count). The molecule has 0 amide bonds. The van der Waals surface area contributed by atoms with Gasteiger partial charge in [0.05, 0.1) is 20.3 Å². The summed E-state index contributed by atoms with van der Waals surface area (Å²) < 4.78 is 16.8. The minimum atomic E-state index is 0. The number of nitrogens with one attached hydrogen (secondary N) is 2. The van der Waals surface area contributed by atoms with E-state index in [0.29, 0.717) is 5.92 Å². The normalized spacial score (nSPS) is 18.4. The Hall–Kier alpha value is -2.00. The summed E-state index contributed by atoms with van der Waals surface area (Å²) in [5.41, 5.74) is 3.71. The number of aliphatic imine (C=N–C) groups is 1. The number of nitrogens with zero attached hydrogens (tertiary/aromatic N) is 1. The van der Waals surface area contributed by atoms with Gasteiger partial charge in [-0.1, -0.05) is 35.9 Å². The molecule has 0 radical (unpaired) electrons. The fraction of sp³-hybridized carbons (Fsp3) is 0.480. The van der Waals surface area contributed by atoms with E-state index in [1.807, 2.05) is 12.1 Å². The molecule has 0 aromatic heterocycles. The highest BCUT2D eigenvalue weighted by Gasteiger charge is 2.27. The van der Waals surface area contributed by atoms with Crippen molar-refractivity contribution >= 4 is 29.9 Å². The van der Waals surface area contributed by atoms with Gasteiger partial charge in [-0.25, -0.2) is 0 Å². The van der Waals surface area contributed by atoms with Crippen LogP contribution in [0.3, 0.4) is 0 Å². The summed E-state index contributed by atoms with van der Waals surface area (Å²) in [6.07, 6.45) is 3.24. The van der Waals surface area contributed by atoms with E-state index in [-0.39, 0.29) is 30.1 Å². The van der Waals surface area contributed by atoms with Crippen LogP contribution in [0.15, 0.2) is 47.5 Å². The molecule has 176 valence electrons. The lowest BCUT2D eigenvalue weighted by Crippen LogP contribution is -2.42. The average Bonchev–Trinajstić information content (AvgIpc) is 2.82. The maximum absolute atomic E-state index is 6.14. The molecule has 1 aliphatic rings. The number of guanidine groups is 1. The largest absolute Gasteiger partial charge is 0.493 e. The van der Waals surface area contributed by atoms with Crippen molar-refractivity contribution in [1.29, 1.82) is 0 Å². The topological polar surface area (TPSA) is 64.1 Å². The summed E-state index contributed by atoms with van der Waals surface area (Å²) in [7, 11) is 5.11. The molecule has 2 aromatic carbocycles. The van der Waals surface area contributed by atoms with Crippen LogP contribution in [0.5, 0.6) is 11.5 Å². The molecule has 0 spiro atoms. The molecule has 0 bridgehead atoms. The van der Waals surface area contributed by atoms with Crippen molar-refractivity contribution < 1.29 is 14.2 Å². The molecule has 32 heavy (non-hydrogen) atoms. The maximum atomic E-state index is 6.14. The summed E-state index contributed by atoms with van der Waals surface area (Å²) in [4.78, 5) is 4.38. The van der Waals surface area contributed by atoms with E-state index in [1.165, 1.54) is 16.7 Å². The van der Waals surface area contributed by atoms with Crippen LogP contribution in [-0.2, 0) is 11.2 Å². The van der Waals surface area contributed by atoms with Crippen LogP contribution >= 0.6 is 24.0 Å². The first-order chi connectivity index (χ1) is 15.1. The predicted molar refractivity (Wildman–Crippen MR) is 141 cm³/mol. The lowest BCUT2D eigenvalue weighted by Gasteiger charge is -2.32. The Kier molecular flexibility index (Phi) is 11.1. The van der Waals surface area contributed by atoms with Crippen LogP contribution in [0.1, 0.15) is 35.6 Å². The van der Waals surface area contributed by atoms with Gasteiger partial charge in [-0.15, -0.1) is 24.0 Å². The van der Waals surface area contributed by atoms with E-state index in [0.717, 1.165) is 56.4 Å². The third-order valence-electron chi connectivity index (χ3n) is 5.76. The fourth-order valence-corrected chi connectivity index (χ4v) is 3.99. The Morgan fingerprint density at radius 1 is 1.06 bits per heavy atom. The fourth-order valence-electron chi connectivity index (χ4n) is 3.99. The van der Waals surface area contributed by atoms with Gasteiger partial charge in [0.15, 0.2) is 17.5 Å². The minimum absolute atomic E-state index is 0. The van der Waals surface area contributed by atoms with Crippen molar-refractivity contribution in [3.63, 3.8) is 0 Å². The molecular formula is C25H36IN3O3. The molecule has 7 heteroatoms. The molecule has 2 unspecified atom stereocenters. The van der Waals surface area contributed by atoms with E-state index in [2.05, 4.69) is 52.9 Å². The lowest BCUT2D eigenvalue weighted by atomic mass is 9.89. The standard InChI is InChI=1S/C25H35N3O3.HI/c1-18-7-10-20(11-8-18)24-21(6-5-15-31-24)17-28-25(26-2)27-14-13-19-9-12-22(29-3)23(16-19)30-4;/h7-12,16,21,24H,5-6,13-15,17H2,1-4H3,(H2,26,27,28);1H. The number of ether oxygens (including phenoxy) is 3.